The van der Waals surface area contributed by atoms with Gasteiger partial charge in [0.15, 0.2) is 0 Å². The molecule has 4 aromatic carbocycles. The SMILES string of the molecule is Cc1c(C)c(C)c(-c2cnn(-c3[c-]c(Oc4[c-]c5c(cc4)c4ccccc4n5-c4cc(C(C)(C)C)ccn4)cc(C(C)(C)C)c3)c2)c(C)c1C.[Pt+2]. The summed E-state index contributed by atoms with van der Waals surface area (Å²) >= 11 is 0. The number of hydrogen-bond acceptors (Lipinski definition) is 3. The van der Waals surface area contributed by atoms with E-state index in [0.29, 0.717) is 11.5 Å². The van der Waals surface area contributed by atoms with Crippen LogP contribution >= 0.6 is 0 Å². The van der Waals surface area contributed by atoms with Crippen molar-refractivity contribution in [2.24, 2.45) is 0 Å². The van der Waals surface area contributed by atoms with Crippen molar-refractivity contribution in [2.75, 3.05) is 0 Å². The van der Waals surface area contributed by atoms with Crippen molar-refractivity contribution in [1.29, 1.82) is 0 Å². The van der Waals surface area contributed by atoms with Crippen LogP contribution in [-0.2, 0) is 31.9 Å². The average molecular weight is 854 g/mol. The first-order valence-electron chi connectivity index (χ1n) is 17.4. The Hall–Kier alpha value is -4.47. The Balaban J connectivity index is 0.00000448. The van der Waals surface area contributed by atoms with Crippen molar-refractivity contribution in [2.45, 2.75) is 87.0 Å². The minimum atomic E-state index is -0.125. The number of hydrogen-bond donors (Lipinski definition) is 0. The molecule has 0 aliphatic heterocycles. The summed E-state index contributed by atoms with van der Waals surface area (Å²) in [6.07, 6.45) is 5.97. The van der Waals surface area contributed by atoms with Crippen molar-refractivity contribution in [1.82, 2.24) is 19.3 Å². The van der Waals surface area contributed by atoms with Gasteiger partial charge < -0.3 is 9.30 Å². The van der Waals surface area contributed by atoms with Gasteiger partial charge in [-0.2, -0.15) is 11.2 Å². The first-order chi connectivity index (χ1) is 23.6. The molecule has 0 fully saturated rings. The summed E-state index contributed by atoms with van der Waals surface area (Å²) in [5.74, 6) is 2.09. The number of nitrogens with zero attached hydrogens (tertiary/aromatic N) is 4. The molecule has 0 saturated carbocycles. The molecule has 262 valence electrons. The Morgan fingerprint density at radius 2 is 1.33 bits per heavy atom. The molecule has 0 unspecified atom stereocenters. The first kappa shape index (κ1) is 36.3. The monoisotopic (exact) mass is 853 g/mol. The quantitative estimate of drug-likeness (QED) is 0.162. The number of benzene rings is 4. The Labute approximate surface area is 317 Å². The number of aromatic nitrogens is 4. The summed E-state index contributed by atoms with van der Waals surface area (Å²) in [6, 6.07) is 28.2. The van der Waals surface area contributed by atoms with Gasteiger partial charge in [-0.1, -0.05) is 65.3 Å². The van der Waals surface area contributed by atoms with Crippen LogP contribution in [0.1, 0.15) is 80.5 Å². The van der Waals surface area contributed by atoms with E-state index in [9.17, 15) is 0 Å². The Morgan fingerprint density at radius 1 is 0.667 bits per heavy atom. The standard InChI is InChI=1S/C45H46N4O.Pt/c1-27-28(2)30(4)43(31(5)29(27)3)32-25-47-48(26-32)35-20-34(45(9,10)11)21-37(23-35)50-36-16-17-39-38-14-12-13-15-40(38)49(41(39)24-36)42-22-33(18-19-46-42)44(6,7)8;/h12-22,25-26H,1-11H3;/q-2;+2. The molecule has 6 heteroatoms. The van der Waals surface area contributed by atoms with Gasteiger partial charge in [0.25, 0.3) is 0 Å². The molecule has 7 rings (SSSR count). The summed E-state index contributed by atoms with van der Waals surface area (Å²) in [7, 11) is 0. The molecule has 3 heterocycles. The van der Waals surface area contributed by atoms with Gasteiger partial charge >= 0.3 is 21.1 Å². The number of ether oxygens (including phenoxy) is 1. The van der Waals surface area contributed by atoms with Crippen molar-refractivity contribution < 1.29 is 25.8 Å². The van der Waals surface area contributed by atoms with E-state index in [1.54, 1.807) is 0 Å². The second-order valence-corrected chi connectivity index (χ2v) is 15.7. The van der Waals surface area contributed by atoms with Gasteiger partial charge in [0.05, 0.1) is 6.20 Å². The second kappa shape index (κ2) is 13.3. The normalized spacial score (nSPS) is 12.1. The molecular formula is C45H46N4OPt. The molecule has 0 aliphatic carbocycles. The molecule has 3 aromatic heterocycles. The molecule has 0 aliphatic rings. The third kappa shape index (κ3) is 6.58. The van der Waals surface area contributed by atoms with E-state index < -0.39 is 0 Å². The van der Waals surface area contributed by atoms with E-state index >= 15 is 0 Å². The van der Waals surface area contributed by atoms with Crippen LogP contribution in [0, 0.1) is 46.8 Å². The van der Waals surface area contributed by atoms with Crippen LogP contribution < -0.4 is 4.74 Å². The average Bonchev–Trinajstić information content (AvgIpc) is 3.69. The molecule has 0 saturated heterocycles. The maximum Gasteiger partial charge on any atom is 2.00 e. The zero-order valence-corrected chi connectivity index (χ0v) is 33.8. The van der Waals surface area contributed by atoms with Gasteiger partial charge in [-0.15, -0.1) is 41.3 Å². The van der Waals surface area contributed by atoms with E-state index in [2.05, 4.69) is 154 Å². The van der Waals surface area contributed by atoms with Crippen molar-refractivity contribution >= 4 is 21.8 Å². The van der Waals surface area contributed by atoms with Gasteiger partial charge in [-0.3, -0.25) is 4.68 Å². The van der Waals surface area contributed by atoms with Crippen LogP contribution in [0.3, 0.4) is 0 Å². The Morgan fingerprint density at radius 3 is 2.02 bits per heavy atom. The van der Waals surface area contributed by atoms with Crippen LogP contribution in [0.2, 0.25) is 0 Å². The molecule has 0 radical (unpaired) electrons. The van der Waals surface area contributed by atoms with Crippen LogP contribution in [0.15, 0.2) is 79.3 Å². The third-order valence-corrected chi connectivity index (χ3v) is 10.4. The van der Waals surface area contributed by atoms with Gasteiger partial charge in [0.1, 0.15) is 5.82 Å². The first-order valence-corrected chi connectivity index (χ1v) is 17.4. The van der Waals surface area contributed by atoms with E-state index in [1.807, 2.05) is 23.1 Å². The fourth-order valence-electron chi connectivity index (χ4n) is 6.95. The fourth-order valence-corrected chi connectivity index (χ4v) is 6.95. The summed E-state index contributed by atoms with van der Waals surface area (Å²) in [6.45, 7) is 24.4. The van der Waals surface area contributed by atoms with Crippen molar-refractivity contribution in [3.63, 3.8) is 0 Å². The zero-order chi connectivity index (χ0) is 35.7. The minimum Gasteiger partial charge on any atom is -0.509 e. The molecule has 0 amide bonds. The van der Waals surface area contributed by atoms with Crippen LogP contribution in [0.5, 0.6) is 11.5 Å². The van der Waals surface area contributed by atoms with Crippen LogP contribution in [0.25, 0.3) is 44.4 Å². The minimum absolute atomic E-state index is 0. The molecule has 0 atom stereocenters. The van der Waals surface area contributed by atoms with Gasteiger partial charge in [-0.05, 0) is 114 Å². The second-order valence-electron chi connectivity index (χ2n) is 15.7. The van der Waals surface area contributed by atoms with Gasteiger partial charge in [0.2, 0.25) is 0 Å². The van der Waals surface area contributed by atoms with Crippen molar-refractivity contribution in [3.8, 4) is 34.1 Å². The predicted octanol–water partition coefficient (Wildman–Crippen LogP) is 11.6. The van der Waals surface area contributed by atoms with Crippen LogP contribution in [0.4, 0.5) is 0 Å². The van der Waals surface area contributed by atoms with Crippen molar-refractivity contribution in [3.05, 3.63) is 130 Å². The number of fused-ring (bicyclic) bond motifs is 3. The molecule has 7 aromatic rings. The maximum atomic E-state index is 6.64. The Bertz CT molecular complexity index is 2410. The maximum absolute atomic E-state index is 6.64. The number of pyridine rings is 1. The Kier molecular flexibility index (Phi) is 9.44. The van der Waals surface area contributed by atoms with E-state index in [4.69, 9.17) is 14.8 Å². The third-order valence-electron chi connectivity index (χ3n) is 10.4. The zero-order valence-electron chi connectivity index (χ0n) is 31.5. The predicted molar refractivity (Wildman–Crippen MR) is 206 cm³/mol. The largest absolute Gasteiger partial charge is 2.00 e. The van der Waals surface area contributed by atoms with Gasteiger partial charge in [-0.25, -0.2) is 4.98 Å². The van der Waals surface area contributed by atoms with E-state index in [0.717, 1.165) is 44.4 Å². The summed E-state index contributed by atoms with van der Waals surface area (Å²) in [5.41, 5.74) is 14.0. The summed E-state index contributed by atoms with van der Waals surface area (Å²) < 4.78 is 10.7. The van der Waals surface area contributed by atoms with Gasteiger partial charge in [0, 0.05) is 35.0 Å². The summed E-state index contributed by atoms with van der Waals surface area (Å²) in [4.78, 5) is 4.83. The smallest absolute Gasteiger partial charge is 0.509 e. The molecule has 5 nitrogen and oxygen atoms in total. The molecule has 0 N–H and O–H groups in total. The molecule has 0 bridgehead atoms. The molecule has 51 heavy (non-hydrogen) atoms. The summed E-state index contributed by atoms with van der Waals surface area (Å²) in [5, 5.41) is 7.09. The number of para-hydroxylation sites is 1. The van der Waals surface area contributed by atoms with E-state index in [-0.39, 0.29) is 31.9 Å². The van der Waals surface area contributed by atoms with E-state index in [1.165, 1.54) is 38.9 Å². The fraction of sp³-hybridized carbons (Fsp3) is 0.289. The number of rotatable bonds is 5. The van der Waals surface area contributed by atoms with Crippen LogP contribution in [-0.4, -0.2) is 19.3 Å². The topological polar surface area (TPSA) is 44.9 Å². The molecule has 0 spiro atoms. The molecular weight excluding hydrogens is 808 g/mol.